The van der Waals surface area contributed by atoms with Gasteiger partial charge in [0.05, 0.1) is 24.2 Å². The predicted octanol–water partition coefficient (Wildman–Crippen LogP) is 3.03. The Labute approximate surface area is 224 Å². The molecule has 38 heavy (non-hydrogen) atoms. The zero-order valence-electron chi connectivity index (χ0n) is 22.8. The van der Waals surface area contributed by atoms with Crippen LogP contribution in [-0.4, -0.2) is 71.3 Å². The largest absolute Gasteiger partial charge is 0.489 e. The van der Waals surface area contributed by atoms with Gasteiger partial charge >= 0.3 is 5.97 Å². The highest BCUT2D eigenvalue weighted by molar-refractivity contribution is 5.90. The molecule has 0 aromatic heterocycles. The summed E-state index contributed by atoms with van der Waals surface area (Å²) in [5.41, 5.74) is 0.286. The van der Waals surface area contributed by atoms with E-state index in [1.807, 2.05) is 39.0 Å². The molecule has 8 nitrogen and oxygen atoms in total. The number of aliphatic hydroxyl groups excluding tert-OH is 2. The molecule has 3 aliphatic carbocycles. The van der Waals surface area contributed by atoms with E-state index < -0.39 is 54.1 Å². The normalized spacial score (nSPS) is 46.4. The van der Waals surface area contributed by atoms with Crippen LogP contribution in [0.4, 0.5) is 0 Å². The summed E-state index contributed by atoms with van der Waals surface area (Å²) in [7, 11) is 1.55. The molecule has 0 aromatic carbocycles. The molecule has 5 aliphatic rings. The highest BCUT2D eigenvalue weighted by Gasteiger charge is 2.72. The van der Waals surface area contributed by atoms with Crippen LogP contribution in [0.1, 0.15) is 47.0 Å². The van der Waals surface area contributed by atoms with Crippen molar-refractivity contribution in [2.45, 2.75) is 89.2 Å². The first-order valence-electron chi connectivity index (χ1n) is 13.7. The molecule has 0 amide bonds. The number of ketones is 1. The molecule has 0 unspecified atom stereocenters. The fourth-order valence-electron chi connectivity index (χ4n) is 7.72. The number of hydrogen-bond acceptors (Lipinski definition) is 8. The van der Waals surface area contributed by atoms with E-state index in [1.165, 1.54) is 0 Å². The number of allylic oxidation sites excluding steroid dienone is 3. The molecule has 2 N–H and O–H groups in total. The lowest BCUT2D eigenvalue weighted by atomic mass is 9.54. The van der Waals surface area contributed by atoms with Gasteiger partial charge in [0.25, 0.3) is 0 Å². The summed E-state index contributed by atoms with van der Waals surface area (Å²) in [5.74, 6) is -1.90. The van der Waals surface area contributed by atoms with Crippen molar-refractivity contribution in [2.24, 2.45) is 29.6 Å². The Bertz CT molecular complexity index is 1090. The number of rotatable bonds is 4. The maximum absolute atomic E-state index is 13.8. The van der Waals surface area contributed by atoms with E-state index >= 15 is 0 Å². The second-order valence-electron chi connectivity index (χ2n) is 11.8. The molecular weight excluding hydrogens is 488 g/mol. The number of aliphatic hydroxyl groups is 2. The minimum Gasteiger partial charge on any atom is -0.489 e. The van der Waals surface area contributed by atoms with Crippen LogP contribution in [0.2, 0.25) is 0 Å². The van der Waals surface area contributed by atoms with E-state index in [0.29, 0.717) is 17.8 Å². The number of carbonyl (C=O) groups is 2. The fourth-order valence-corrected chi connectivity index (χ4v) is 7.72. The molecule has 0 aromatic rings. The van der Waals surface area contributed by atoms with E-state index in [4.69, 9.17) is 18.9 Å². The molecule has 5 rings (SSSR count). The topological polar surface area (TPSA) is 112 Å². The van der Waals surface area contributed by atoms with E-state index in [1.54, 1.807) is 20.1 Å². The average molecular weight is 529 g/mol. The quantitative estimate of drug-likeness (QED) is 0.423. The van der Waals surface area contributed by atoms with Gasteiger partial charge in [0.2, 0.25) is 0 Å². The van der Waals surface area contributed by atoms with Gasteiger partial charge < -0.3 is 29.2 Å². The molecule has 208 valence electrons. The lowest BCUT2D eigenvalue weighted by Gasteiger charge is -2.50. The van der Waals surface area contributed by atoms with Gasteiger partial charge in [-0.05, 0) is 32.3 Å². The minimum atomic E-state index is -1.10. The summed E-state index contributed by atoms with van der Waals surface area (Å²) in [6.07, 6.45) is 4.44. The number of methoxy groups -OCH3 is 1. The Hall–Kier alpha value is -2.26. The van der Waals surface area contributed by atoms with Crippen molar-refractivity contribution in [1.82, 2.24) is 0 Å². The summed E-state index contributed by atoms with van der Waals surface area (Å²) >= 11 is 0. The highest BCUT2D eigenvalue weighted by atomic mass is 16.6. The zero-order valence-corrected chi connectivity index (χ0v) is 22.8. The summed E-state index contributed by atoms with van der Waals surface area (Å²) in [6, 6.07) is 0. The molecule has 4 bridgehead atoms. The van der Waals surface area contributed by atoms with E-state index in [2.05, 4.69) is 6.58 Å². The summed E-state index contributed by atoms with van der Waals surface area (Å²) in [6.45, 7) is 11.5. The van der Waals surface area contributed by atoms with Crippen molar-refractivity contribution in [2.75, 3.05) is 7.11 Å². The molecule has 12 atom stereocenters. The standard InChI is InChI=1S/C30H40O8/c1-14-11-15(2)30-21(13-23(35-6)18(5)36-26(14)17(4)31)22(32)12-20-24(30)25(33)16(3)27(28(20)38-30)37-29(34)19-9-7-8-10-19/h7-9,11,14,16-17,20-21,23-28,31,33H,5,10,12-13H2,1-4,6H3/b15-11+/t14-,16-,17-,20-,21+,23+,24+,25-,26+,27-,28-,30+/m1/s1. The molecule has 2 heterocycles. The Morgan fingerprint density at radius 1 is 1.32 bits per heavy atom. The second kappa shape index (κ2) is 10.0. The average Bonchev–Trinajstić information content (AvgIpc) is 3.47. The third-order valence-electron chi connectivity index (χ3n) is 9.58. The number of ether oxygens (including phenoxy) is 4. The second-order valence-corrected chi connectivity index (χ2v) is 11.8. The number of esters is 1. The molecule has 2 aliphatic heterocycles. The number of carbonyl (C=O) groups excluding carboxylic acids is 2. The number of Topliss-reactive ketones (excluding diaryl/α,β-unsaturated/α-hetero) is 1. The third kappa shape index (κ3) is 4.12. The van der Waals surface area contributed by atoms with Crippen molar-refractivity contribution in [3.8, 4) is 0 Å². The van der Waals surface area contributed by atoms with Crippen LogP contribution in [-0.2, 0) is 28.5 Å². The molecular formula is C30H40O8. The lowest BCUT2D eigenvalue weighted by molar-refractivity contribution is -0.166. The van der Waals surface area contributed by atoms with Gasteiger partial charge in [0, 0.05) is 42.8 Å². The Balaban J connectivity index is 1.59. The van der Waals surface area contributed by atoms with Crippen molar-refractivity contribution < 1.29 is 38.7 Å². The first kappa shape index (κ1) is 27.3. The molecule has 3 fully saturated rings. The van der Waals surface area contributed by atoms with Gasteiger partial charge in [0.15, 0.2) is 0 Å². The van der Waals surface area contributed by atoms with Crippen molar-refractivity contribution in [3.05, 3.63) is 47.8 Å². The third-order valence-corrected chi connectivity index (χ3v) is 9.58. The highest BCUT2D eigenvalue weighted by Crippen LogP contribution is 2.62. The zero-order chi connectivity index (χ0) is 27.5. The van der Waals surface area contributed by atoms with E-state index in [-0.39, 0.29) is 42.3 Å². The molecule has 1 saturated heterocycles. The van der Waals surface area contributed by atoms with Crippen molar-refractivity contribution in [3.63, 3.8) is 0 Å². The predicted molar refractivity (Wildman–Crippen MR) is 139 cm³/mol. The van der Waals surface area contributed by atoms with Crippen LogP contribution in [0.5, 0.6) is 0 Å². The summed E-state index contributed by atoms with van der Waals surface area (Å²) in [5, 5.41) is 22.3. The first-order valence-corrected chi connectivity index (χ1v) is 13.7. The molecule has 1 spiro atoms. The van der Waals surface area contributed by atoms with Gasteiger partial charge in [-0.3, -0.25) is 4.79 Å². The van der Waals surface area contributed by atoms with E-state index in [9.17, 15) is 19.8 Å². The number of hydrogen-bond donors (Lipinski definition) is 2. The van der Waals surface area contributed by atoms with Crippen LogP contribution in [0.3, 0.4) is 0 Å². The van der Waals surface area contributed by atoms with Gasteiger partial charge in [-0.25, -0.2) is 4.79 Å². The maximum Gasteiger partial charge on any atom is 0.334 e. The summed E-state index contributed by atoms with van der Waals surface area (Å²) < 4.78 is 24.8. The summed E-state index contributed by atoms with van der Waals surface area (Å²) in [4.78, 5) is 26.8. The van der Waals surface area contributed by atoms with Gasteiger partial charge in [-0.1, -0.05) is 44.7 Å². The molecule has 8 heteroatoms. The van der Waals surface area contributed by atoms with Crippen molar-refractivity contribution >= 4 is 11.8 Å². The van der Waals surface area contributed by atoms with Gasteiger partial charge in [-0.2, -0.15) is 0 Å². The Morgan fingerprint density at radius 2 is 2.05 bits per heavy atom. The SMILES string of the molecule is C=C1O[C@H]([C@@H](C)O)[C@H](C)/C=C(\C)[C@]23O[C@@H]4[C@H](CC(=O)[C@@H]2C[C@@H]1OC)[C@H]3[C@H](O)[C@@H](C)[C@H]4OC(=O)C1=CC=CC1. The van der Waals surface area contributed by atoms with Crippen LogP contribution in [0, 0.1) is 29.6 Å². The first-order chi connectivity index (χ1) is 18.0. The fraction of sp³-hybridized carbons (Fsp3) is 0.667. The smallest absolute Gasteiger partial charge is 0.334 e. The molecule has 0 radical (unpaired) electrons. The Kier molecular flexibility index (Phi) is 7.22. The Morgan fingerprint density at radius 3 is 2.68 bits per heavy atom. The van der Waals surface area contributed by atoms with Crippen LogP contribution >= 0.6 is 0 Å². The molecule has 2 saturated carbocycles. The van der Waals surface area contributed by atoms with Gasteiger partial charge in [-0.15, -0.1) is 0 Å². The minimum absolute atomic E-state index is 0.0335. The lowest BCUT2D eigenvalue weighted by Crippen LogP contribution is -2.60. The van der Waals surface area contributed by atoms with E-state index in [0.717, 1.165) is 5.57 Å². The van der Waals surface area contributed by atoms with Crippen LogP contribution in [0.25, 0.3) is 0 Å². The monoisotopic (exact) mass is 528 g/mol. The van der Waals surface area contributed by atoms with Crippen LogP contribution < -0.4 is 0 Å². The van der Waals surface area contributed by atoms with Crippen molar-refractivity contribution in [1.29, 1.82) is 0 Å². The van der Waals surface area contributed by atoms with Gasteiger partial charge in [0.1, 0.15) is 35.5 Å². The maximum atomic E-state index is 13.8. The van der Waals surface area contributed by atoms with Crippen LogP contribution in [0.15, 0.2) is 47.8 Å².